The molecule has 1 aliphatic carbocycles. The third-order valence-electron chi connectivity index (χ3n) is 4.30. The van der Waals surface area contributed by atoms with Crippen LogP contribution in [-0.4, -0.2) is 7.11 Å². The van der Waals surface area contributed by atoms with Crippen LogP contribution in [0.5, 0.6) is 5.75 Å². The predicted molar refractivity (Wildman–Crippen MR) is 88.6 cm³/mol. The molecule has 0 bridgehead atoms. The zero-order chi connectivity index (χ0) is 14.8. The van der Waals surface area contributed by atoms with Crippen LogP contribution in [0.3, 0.4) is 0 Å². The van der Waals surface area contributed by atoms with Gasteiger partial charge in [0.1, 0.15) is 5.75 Å². The van der Waals surface area contributed by atoms with E-state index in [1.807, 2.05) is 18.2 Å². The Balaban J connectivity index is 1.82. The van der Waals surface area contributed by atoms with Crippen molar-refractivity contribution in [1.29, 1.82) is 0 Å². The standard InChI is InChI=1S/C18H18Cl2O/c1-21-15-8-9-16(17(19)11-15)18(20)14-7-6-12-4-2-3-5-13(12)10-14/h2-5,8-9,11,14,18H,6-7,10H2,1H3. The number of methoxy groups -OCH3 is 1. The van der Waals surface area contributed by atoms with Crippen LogP contribution >= 0.6 is 23.2 Å². The van der Waals surface area contributed by atoms with Crippen LogP contribution in [0.1, 0.15) is 28.5 Å². The first-order chi connectivity index (χ1) is 10.2. The summed E-state index contributed by atoms with van der Waals surface area (Å²) in [5.74, 6) is 1.19. The zero-order valence-electron chi connectivity index (χ0n) is 12.0. The van der Waals surface area contributed by atoms with Crippen molar-refractivity contribution in [1.82, 2.24) is 0 Å². The number of aryl methyl sites for hydroxylation is 1. The summed E-state index contributed by atoms with van der Waals surface area (Å²) in [6, 6.07) is 14.4. The fourth-order valence-electron chi connectivity index (χ4n) is 3.09. The summed E-state index contributed by atoms with van der Waals surface area (Å²) in [6.07, 6.45) is 3.22. The maximum absolute atomic E-state index is 6.73. The van der Waals surface area contributed by atoms with E-state index in [1.54, 1.807) is 7.11 Å². The predicted octanol–water partition coefficient (Wildman–Crippen LogP) is 5.43. The van der Waals surface area contributed by atoms with E-state index in [4.69, 9.17) is 27.9 Å². The van der Waals surface area contributed by atoms with E-state index in [-0.39, 0.29) is 5.38 Å². The lowest BCUT2D eigenvalue weighted by molar-refractivity contribution is 0.413. The van der Waals surface area contributed by atoms with E-state index in [9.17, 15) is 0 Å². The summed E-state index contributed by atoms with van der Waals surface area (Å²) in [7, 11) is 1.64. The minimum atomic E-state index is -0.0586. The van der Waals surface area contributed by atoms with Gasteiger partial charge in [-0.15, -0.1) is 11.6 Å². The van der Waals surface area contributed by atoms with Crippen molar-refractivity contribution in [2.45, 2.75) is 24.6 Å². The number of halogens is 2. The summed E-state index contributed by atoms with van der Waals surface area (Å²) >= 11 is 13.1. The van der Waals surface area contributed by atoms with Gasteiger partial charge in [0.25, 0.3) is 0 Å². The van der Waals surface area contributed by atoms with Gasteiger partial charge in [-0.1, -0.05) is 41.9 Å². The van der Waals surface area contributed by atoms with E-state index < -0.39 is 0 Å². The highest BCUT2D eigenvalue weighted by atomic mass is 35.5. The molecule has 0 N–H and O–H groups in total. The monoisotopic (exact) mass is 320 g/mol. The van der Waals surface area contributed by atoms with Crippen LogP contribution in [-0.2, 0) is 12.8 Å². The maximum Gasteiger partial charge on any atom is 0.120 e. The molecule has 0 fully saturated rings. The van der Waals surface area contributed by atoms with E-state index in [1.165, 1.54) is 11.1 Å². The molecule has 0 aromatic heterocycles. The van der Waals surface area contributed by atoms with Gasteiger partial charge in [-0.25, -0.2) is 0 Å². The Morgan fingerprint density at radius 1 is 1.14 bits per heavy atom. The second kappa shape index (κ2) is 6.29. The van der Waals surface area contributed by atoms with E-state index in [0.29, 0.717) is 10.9 Å². The molecule has 1 nitrogen and oxygen atoms in total. The van der Waals surface area contributed by atoms with Crippen LogP contribution in [0, 0.1) is 5.92 Å². The summed E-state index contributed by atoms with van der Waals surface area (Å²) in [5.41, 5.74) is 3.88. The van der Waals surface area contributed by atoms with Crippen molar-refractivity contribution in [3.8, 4) is 5.75 Å². The Morgan fingerprint density at radius 3 is 2.62 bits per heavy atom. The fraction of sp³-hybridized carbons (Fsp3) is 0.333. The highest BCUT2D eigenvalue weighted by Gasteiger charge is 2.27. The molecule has 0 aliphatic heterocycles. The molecule has 0 amide bonds. The second-order valence-corrected chi connectivity index (χ2v) is 6.44. The number of fused-ring (bicyclic) bond motifs is 1. The van der Waals surface area contributed by atoms with Gasteiger partial charge in [0, 0.05) is 5.02 Å². The number of benzene rings is 2. The van der Waals surface area contributed by atoms with E-state index in [2.05, 4.69) is 24.3 Å². The van der Waals surface area contributed by atoms with Crippen LogP contribution in [0.15, 0.2) is 42.5 Å². The summed E-state index contributed by atoms with van der Waals surface area (Å²) in [5, 5.41) is 0.630. The third-order valence-corrected chi connectivity index (χ3v) is 5.22. The third kappa shape index (κ3) is 3.04. The molecule has 21 heavy (non-hydrogen) atoms. The average Bonchev–Trinajstić information content (AvgIpc) is 2.53. The van der Waals surface area contributed by atoms with Crippen molar-refractivity contribution in [3.63, 3.8) is 0 Å². The van der Waals surface area contributed by atoms with Crippen LogP contribution in [0.2, 0.25) is 5.02 Å². The van der Waals surface area contributed by atoms with Crippen molar-refractivity contribution >= 4 is 23.2 Å². The maximum atomic E-state index is 6.73. The Morgan fingerprint density at radius 2 is 1.90 bits per heavy atom. The Labute approximate surface area is 135 Å². The number of hydrogen-bond acceptors (Lipinski definition) is 1. The van der Waals surface area contributed by atoms with Crippen molar-refractivity contribution in [3.05, 3.63) is 64.2 Å². The lowest BCUT2D eigenvalue weighted by atomic mass is 9.80. The molecule has 1 aliphatic rings. The van der Waals surface area contributed by atoms with Gasteiger partial charge in [-0.2, -0.15) is 0 Å². The number of hydrogen-bond donors (Lipinski definition) is 0. The van der Waals surface area contributed by atoms with Crippen LogP contribution < -0.4 is 4.74 Å². The number of alkyl halides is 1. The molecular weight excluding hydrogens is 303 g/mol. The molecule has 2 aromatic carbocycles. The number of ether oxygens (including phenoxy) is 1. The molecule has 0 saturated heterocycles. The summed E-state index contributed by atoms with van der Waals surface area (Å²) < 4.78 is 5.19. The van der Waals surface area contributed by atoms with Crippen molar-refractivity contribution in [2.75, 3.05) is 7.11 Å². The highest BCUT2D eigenvalue weighted by molar-refractivity contribution is 6.33. The highest BCUT2D eigenvalue weighted by Crippen LogP contribution is 2.41. The fourth-order valence-corrected chi connectivity index (χ4v) is 3.84. The van der Waals surface area contributed by atoms with Crippen molar-refractivity contribution < 1.29 is 4.74 Å². The van der Waals surface area contributed by atoms with Gasteiger partial charge in [-0.05, 0) is 54.0 Å². The normalized spacial score (nSPS) is 18.9. The molecular formula is C18H18Cl2O. The summed E-state index contributed by atoms with van der Waals surface area (Å²) in [6.45, 7) is 0. The molecule has 0 spiro atoms. The first-order valence-electron chi connectivity index (χ1n) is 7.23. The van der Waals surface area contributed by atoms with Gasteiger partial charge >= 0.3 is 0 Å². The second-order valence-electron chi connectivity index (χ2n) is 5.56. The van der Waals surface area contributed by atoms with E-state index >= 15 is 0 Å². The molecule has 2 aromatic rings. The lowest BCUT2D eigenvalue weighted by Gasteiger charge is -2.29. The molecule has 110 valence electrons. The largest absolute Gasteiger partial charge is 0.497 e. The topological polar surface area (TPSA) is 9.23 Å². The van der Waals surface area contributed by atoms with Gasteiger partial charge < -0.3 is 4.74 Å². The molecule has 0 heterocycles. The molecule has 2 unspecified atom stereocenters. The van der Waals surface area contributed by atoms with Crippen LogP contribution in [0.4, 0.5) is 0 Å². The van der Waals surface area contributed by atoms with Crippen molar-refractivity contribution in [2.24, 2.45) is 5.92 Å². The Hall–Kier alpha value is -1.18. The molecule has 2 atom stereocenters. The minimum absolute atomic E-state index is 0.0586. The van der Waals surface area contributed by atoms with Gasteiger partial charge in [0.05, 0.1) is 12.5 Å². The summed E-state index contributed by atoms with van der Waals surface area (Å²) in [4.78, 5) is 0. The molecule has 0 saturated carbocycles. The quantitative estimate of drug-likeness (QED) is 0.685. The zero-order valence-corrected chi connectivity index (χ0v) is 13.5. The Bertz CT molecular complexity index is 639. The molecule has 3 rings (SSSR count). The Kier molecular flexibility index (Phi) is 4.42. The van der Waals surface area contributed by atoms with Gasteiger partial charge in [0.2, 0.25) is 0 Å². The molecule has 0 radical (unpaired) electrons. The molecule has 3 heteroatoms. The number of rotatable bonds is 3. The first kappa shape index (κ1) is 14.7. The van der Waals surface area contributed by atoms with Crippen LogP contribution in [0.25, 0.3) is 0 Å². The van der Waals surface area contributed by atoms with Gasteiger partial charge in [0.15, 0.2) is 0 Å². The van der Waals surface area contributed by atoms with E-state index in [0.717, 1.165) is 30.6 Å². The first-order valence-corrected chi connectivity index (χ1v) is 8.04. The smallest absolute Gasteiger partial charge is 0.120 e. The SMILES string of the molecule is COc1ccc(C(Cl)C2CCc3ccccc3C2)c(Cl)c1. The lowest BCUT2D eigenvalue weighted by Crippen LogP contribution is -2.18. The average molecular weight is 321 g/mol. The van der Waals surface area contributed by atoms with Gasteiger partial charge in [-0.3, -0.25) is 0 Å². The minimum Gasteiger partial charge on any atom is -0.497 e.